The van der Waals surface area contributed by atoms with Crippen LogP contribution >= 0.6 is 0 Å². The molecular weight excluding hydrogens is 302 g/mol. The summed E-state index contributed by atoms with van der Waals surface area (Å²) in [5.41, 5.74) is 2.92. The SMILES string of the molecule is Cc1cc(C)cc(C(=O)N2CCCC(C(=O)NC3CCNC3)C2)c1. The molecule has 0 aliphatic carbocycles. The Morgan fingerprint density at radius 1 is 1.17 bits per heavy atom. The smallest absolute Gasteiger partial charge is 0.253 e. The van der Waals surface area contributed by atoms with E-state index in [1.807, 2.05) is 30.9 Å². The molecule has 2 N–H and O–H groups in total. The Hall–Kier alpha value is -1.88. The lowest BCUT2D eigenvalue weighted by atomic mass is 9.95. The molecule has 2 aliphatic heterocycles. The van der Waals surface area contributed by atoms with Crippen LogP contribution in [0.4, 0.5) is 0 Å². The van der Waals surface area contributed by atoms with Gasteiger partial charge in [-0.2, -0.15) is 0 Å². The van der Waals surface area contributed by atoms with E-state index in [0.29, 0.717) is 6.54 Å². The average molecular weight is 329 g/mol. The molecule has 2 unspecified atom stereocenters. The summed E-state index contributed by atoms with van der Waals surface area (Å²) in [6.07, 6.45) is 2.74. The summed E-state index contributed by atoms with van der Waals surface area (Å²) in [5, 5.41) is 6.39. The van der Waals surface area contributed by atoms with Gasteiger partial charge >= 0.3 is 0 Å². The van der Waals surface area contributed by atoms with Gasteiger partial charge in [0.15, 0.2) is 0 Å². The number of carbonyl (C=O) groups is 2. The van der Waals surface area contributed by atoms with Crippen LogP contribution in [0.25, 0.3) is 0 Å². The molecule has 5 heteroatoms. The third-order valence-corrected chi connectivity index (χ3v) is 4.95. The van der Waals surface area contributed by atoms with Gasteiger partial charge in [0, 0.05) is 31.2 Å². The number of hydrogen-bond acceptors (Lipinski definition) is 3. The van der Waals surface area contributed by atoms with Crippen molar-refractivity contribution < 1.29 is 9.59 Å². The lowest BCUT2D eigenvalue weighted by Crippen LogP contribution is -2.48. The first-order chi connectivity index (χ1) is 11.5. The molecule has 0 saturated carbocycles. The summed E-state index contributed by atoms with van der Waals surface area (Å²) < 4.78 is 0. The number of carbonyl (C=O) groups excluding carboxylic acids is 2. The standard InChI is InChI=1S/C19H27N3O2/c1-13-8-14(2)10-16(9-13)19(24)22-7-3-4-15(12-22)18(23)21-17-5-6-20-11-17/h8-10,15,17,20H,3-7,11-12H2,1-2H3,(H,21,23). The van der Waals surface area contributed by atoms with Crippen molar-refractivity contribution in [2.45, 2.75) is 39.2 Å². The van der Waals surface area contributed by atoms with E-state index in [2.05, 4.69) is 16.7 Å². The molecule has 2 saturated heterocycles. The van der Waals surface area contributed by atoms with Crippen molar-refractivity contribution in [2.75, 3.05) is 26.2 Å². The molecule has 0 bridgehead atoms. The second-order valence-corrected chi connectivity index (χ2v) is 7.17. The normalized spacial score (nSPS) is 24.0. The van der Waals surface area contributed by atoms with Gasteiger partial charge in [0.05, 0.1) is 5.92 Å². The number of rotatable bonds is 3. The topological polar surface area (TPSA) is 61.4 Å². The van der Waals surface area contributed by atoms with Crippen LogP contribution in [0.15, 0.2) is 18.2 Å². The Bertz CT molecular complexity index is 603. The molecule has 2 heterocycles. The van der Waals surface area contributed by atoms with Gasteiger partial charge in [-0.1, -0.05) is 17.2 Å². The highest BCUT2D eigenvalue weighted by Gasteiger charge is 2.30. The first kappa shape index (κ1) is 17.0. The lowest BCUT2D eigenvalue weighted by molar-refractivity contribution is -0.126. The number of amides is 2. The van der Waals surface area contributed by atoms with Crippen molar-refractivity contribution in [1.82, 2.24) is 15.5 Å². The lowest BCUT2D eigenvalue weighted by Gasteiger charge is -2.32. The third kappa shape index (κ3) is 3.96. The average Bonchev–Trinajstić information content (AvgIpc) is 3.06. The molecule has 2 aliphatic rings. The predicted molar refractivity (Wildman–Crippen MR) is 94.0 cm³/mol. The fourth-order valence-corrected chi connectivity index (χ4v) is 3.75. The largest absolute Gasteiger partial charge is 0.352 e. The Morgan fingerprint density at radius 2 is 1.92 bits per heavy atom. The minimum atomic E-state index is -0.0887. The van der Waals surface area contributed by atoms with E-state index in [4.69, 9.17) is 0 Å². The summed E-state index contributed by atoms with van der Waals surface area (Å²) in [6.45, 7) is 7.09. The van der Waals surface area contributed by atoms with Crippen LogP contribution in [0.2, 0.25) is 0 Å². The zero-order valence-electron chi connectivity index (χ0n) is 14.6. The summed E-state index contributed by atoms with van der Waals surface area (Å²) >= 11 is 0. The van der Waals surface area contributed by atoms with Gasteiger partial charge in [-0.25, -0.2) is 0 Å². The minimum Gasteiger partial charge on any atom is -0.352 e. The Morgan fingerprint density at radius 3 is 2.58 bits per heavy atom. The maximum Gasteiger partial charge on any atom is 0.253 e. The van der Waals surface area contributed by atoms with Crippen molar-refractivity contribution >= 4 is 11.8 Å². The van der Waals surface area contributed by atoms with Crippen molar-refractivity contribution in [3.63, 3.8) is 0 Å². The number of benzene rings is 1. The molecule has 2 fully saturated rings. The fourth-order valence-electron chi connectivity index (χ4n) is 3.75. The van der Waals surface area contributed by atoms with Gasteiger partial charge in [0.2, 0.25) is 5.91 Å². The van der Waals surface area contributed by atoms with Crippen LogP contribution in [0.5, 0.6) is 0 Å². The Kier molecular flexibility index (Phi) is 5.19. The molecule has 0 spiro atoms. The molecule has 2 atom stereocenters. The van der Waals surface area contributed by atoms with Gasteiger partial charge < -0.3 is 15.5 Å². The van der Waals surface area contributed by atoms with Crippen LogP contribution in [-0.4, -0.2) is 48.9 Å². The van der Waals surface area contributed by atoms with Crippen LogP contribution in [0.3, 0.4) is 0 Å². The summed E-state index contributed by atoms with van der Waals surface area (Å²) in [5.74, 6) is 0.0534. The zero-order chi connectivity index (χ0) is 17.1. The van der Waals surface area contributed by atoms with E-state index in [-0.39, 0.29) is 23.8 Å². The van der Waals surface area contributed by atoms with E-state index >= 15 is 0 Å². The molecule has 0 radical (unpaired) electrons. The van der Waals surface area contributed by atoms with Gasteiger partial charge in [0.1, 0.15) is 0 Å². The van der Waals surface area contributed by atoms with Crippen molar-refractivity contribution in [1.29, 1.82) is 0 Å². The van der Waals surface area contributed by atoms with E-state index in [0.717, 1.165) is 55.6 Å². The quantitative estimate of drug-likeness (QED) is 0.886. The molecule has 2 amide bonds. The van der Waals surface area contributed by atoms with Crippen LogP contribution in [0.1, 0.15) is 40.7 Å². The molecule has 3 rings (SSSR count). The van der Waals surface area contributed by atoms with Crippen LogP contribution in [-0.2, 0) is 4.79 Å². The highest BCUT2D eigenvalue weighted by molar-refractivity contribution is 5.95. The second-order valence-electron chi connectivity index (χ2n) is 7.17. The second kappa shape index (κ2) is 7.34. The maximum absolute atomic E-state index is 12.8. The highest BCUT2D eigenvalue weighted by atomic mass is 16.2. The van der Waals surface area contributed by atoms with Gasteiger partial charge in [-0.05, 0) is 51.8 Å². The molecule has 24 heavy (non-hydrogen) atoms. The number of nitrogens with one attached hydrogen (secondary N) is 2. The summed E-state index contributed by atoms with van der Waals surface area (Å²) in [4.78, 5) is 27.1. The molecule has 1 aromatic rings. The van der Waals surface area contributed by atoms with E-state index in [1.54, 1.807) is 0 Å². The van der Waals surface area contributed by atoms with Gasteiger partial charge in [0.25, 0.3) is 5.91 Å². The number of hydrogen-bond donors (Lipinski definition) is 2. The monoisotopic (exact) mass is 329 g/mol. The minimum absolute atomic E-state index is 0.0434. The van der Waals surface area contributed by atoms with Gasteiger partial charge in [-0.15, -0.1) is 0 Å². The van der Waals surface area contributed by atoms with Crippen LogP contribution < -0.4 is 10.6 Å². The summed E-state index contributed by atoms with van der Waals surface area (Å²) in [7, 11) is 0. The van der Waals surface area contributed by atoms with Gasteiger partial charge in [-0.3, -0.25) is 9.59 Å². The Balaban J connectivity index is 1.63. The first-order valence-corrected chi connectivity index (χ1v) is 8.91. The van der Waals surface area contributed by atoms with Crippen molar-refractivity contribution in [3.8, 4) is 0 Å². The predicted octanol–water partition coefficient (Wildman–Crippen LogP) is 1.63. The van der Waals surface area contributed by atoms with E-state index in [1.165, 1.54) is 0 Å². The fraction of sp³-hybridized carbons (Fsp3) is 0.579. The third-order valence-electron chi connectivity index (χ3n) is 4.95. The van der Waals surface area contributed by atoms with Crippen molar-refractivity contribution in [3.05, 3.63) is 34.9 Å². The van der Waals surface area contributed by atoms with Crippen LogP contribution in [0, 0.1) is 19.8 Å². The number of nitrogens with zero attached hydrogens (tertiary/aromatic N) is 1. The number of aryl methyl sites for hydroxylation is 2. The Labute approximate surface area is 143 Å². The molecule has 0 aromatic heterocycles. The first-order valence-electron chi connectivity index (χ1n) is 8.91. The highest BCUT2D eigenvalue weighted by Crippen LogP contribution is 2.20. The molecule has 5 nitrogen and oxygen atoms in total. The number of likely N-dealkylation sites (tertiary alicyclic amines) is 1. The molecule has 1 aromatic carbocycles. The van der Waals surface area contributed by atoms with E-state index in [9.17, 15) is 9.59 Å². The molecule has 130 valence electrons. The zero-order valence-corrected chi connectivity index (χ0v) is 14.6. The molecular formula is C19H27N3O2. The van der Waals surface area contributed by atoms with E-state index < -0.39 is 0 Å². The number of piperidine rings is 1. The summed E-state index contributed by atoms with van der Waals surface area (Å²) in [6, 6.07) is 6.17. The van der Waals surface area contributed by atoms with Crippen molar-refractivity contribution in [2.24, 2.45) is 5.92 Å². The maximum atomic E-state index is 12.8.